The van der Waals surface area contributed by atoms with E-state index in [1.54, 1.807) is 0 Å². The minimum absolute atomic E-state index is 1.35. The zero-order chi connectivity index (χ0) is 29.1. The molecule has 0 radical (unpaired) electrons. The first-order valence-electron chi connectivity index (χ1n) is 6.88. The molecule has 0 aliphatic heterocycles. The van der Waals surface area contributed by atoms with Crippen LogP contribution in [0, 0.1) is 0 Å². The molecule has 0 rings (SSSR count). The van der Waals surface area contributed by atoms with Gasteiger partial charge in [-0.05, 0) is 0 Å². The van der Waals surface area contributed by atoms with Gasteiger partial charge in [0.15, 0.2) is 0 Å². The Hall–Kier alpha value is -1.44. The lowest BCUT2D eigenvalue weighted by atomic mass is 10.0. The third-order valence-electron chi connectivity index (χ3n) is 3.01. The van der Waals surface area contributed by atoms with Crippen molar-refractivity contribution in [2.75, 3.05) is 0 Å². The molecular formula is C9F22O3Si. The van der Waals surface area contributed by atoms with Crippen LogP contribution in [-0.4, -0.2) is 63.3 Å². The van der Waals surface area contributed by atoms with Gasteiger partial charge >= 0.3 is 63.3 Å². The van der Waals surface area contributed by atoms with Crippen molar-refractivity contribution in [1.29, 1.82) is 0 Å². The molecule has 0 amide bonds. The van der Waals surface area contributed by atoms with Gasteiger partial charge in [-0.1, -0.05) is 0 Å². The highest BCUT2D eigenvalue weighted by molar-refractivity contribution is 6.64. The summed E-state index contributed by atoms with van der Waals surface area (Å²) in [5.74, 6) is -25.9. The molecule has 0 unspecified atom stereocenters. The lowest BCUT2D eigenvalue weighted by molar-refractivity contribution is -0.457. The molecule has 0 aromatic heterocycles. The van der Waals surface area contributed by atoms with Gasteiger partial charge < -0.3 is 4.43 Å². The van der Waals surface area contributed by atoms with Crippen LogP contribution in [-0.2, 0) is 13.3 Å². The summed E-state index contributed by atoms with van der Waals surface area (Å²) in [6.45, 7) is 0. The maximum absolute atomic E-state index is 13.5. The second-order valence-electron chi connectivity index (χ2n) is 5.56. The molecule has 3 nitrogen and oxygen atoms in total. The minimum atomic E-state index is -10.2. The second kappa shape index (κ2) is 8.56. The number of hydrogen-bond acceptors (Lipinski definition) is 3. The lowest BCUT2D eigenvalue weighted by Gasteiger charge is -2.41. The van der Waals surface area contributed by atoms with E-state index in [4.69, 9.17) is 0 Å². The van der Waals surface area contributed by atoms with E-state index in [0.29, 0.717) is 0 Å². The summed E-state index contributed by atoms with van der Waals surface area (Å²) in [5.41, 5.74) is -8.26. The highest BCUT2D eigenvalue weighted by Gasteiger charge is 2.92. The molecule has 35 heavy (non-hydrogen) atoms. The summed E-state index contributed by atoms with van der Waals surface area (Å²) in [5, 5.41) is 0. The summed E-state index contributed by atoms with van der Waals surface area (Å²) >= 11 is 0. The Kier molecular flexibility index (Phi) is 8.20. The van der Waals surface area contributed by atoms with Crippen molar-refractivity contribution in [2.45, 2.75) is 54.5 Å². The smallest absolute Gasteiger partial charge is 0.304 e. The predicted molar refractivity (Wildman–Crippen MR) is 58.0 cm³/mol. The first kappa shape index (κ1) is 33.6. The van der Waals surface area contributed by atoms with Crippen molar-refractivity contribution < 1.29 is 110 Å². The Morgan fingerprint density at radius 1 is 0.343 bits per heavy atom. The summed E-state index contributed by atoms with van der Waals surface area (Å²) in [4.78, 5) is 0. The summed E-state index contributed by atoms with van der Waals surface area (Å²) < 4.78 is 282. The standard InChI is InChI=1S/C9F22O3Si/c10-1(11,2(12,13)4(16,17)18)3(14,15)6(22,23)32-35(33-8(26,27)28,34-9(29,30)31)7(24,25)5(19,20)21. The molecule has 212 valence electrons. The molecule has 0 aromatic carbocycles. The van der Waals surface area contributed by atoms with Crippen molar-refractivity contribution in [1.82, 2.24) is 0 Å². The summed E-state index contributed by atoms with van der Waals surface area (Å²) in [6, 6.07) is 0. The largest absolute Gasteiger partial charge is 0.603 e. The predicted octanol–water partition coefficient (Wildman–Crippen LogP) is 6.81. The van der Waals surface area contributed by atoms with Gasteiger partial charge in [-0.2, -0.15) is 70.2 Å². The molecule has 0 fully saturated rings. The molecule has 0 atom stereocenters. The average Bonchev–Trinajstić information content (AvgIpc) is 2.47. The Balaban J connectivity index is 7.28. The first-order valence-corrected chi connectivity index (χ1v) is 8.61. The van der Waals surface area contributed by atoms with E-state index in [1.165, 1.54) is 13.3 Å². The monoisotopic (exact) mass is 602 g/mol. The average molecular weight is 602 g/mol. The molecule has 0 aliphatic rings. The van der Waals surface area contributed by atoms with E-state index in [2.05, 4.69) is 0 Å². The second-order valence-corrected chi connectivity index (χ2v) is 7.92. The molecule has 26 heteroatoms. The minimum Gasteiger partial charge on any atom is -0.304 e. The molecule has 0 saturated carbocycles. The quantitative estimate of drug-likeness (QED) is 0.226. The number of halogens is 22. The molecule has 0 spiro atoms. The summed E-state index contributed by atoms with van der Waals surface area (Å²) in [7, 11) is -10.2. The molecular weight excluding hydrogens is 602 g/mol. The number of hydrogen-bond donors (Lipinski definition) is 0. The third-order valence-corrected chi connectivity index (χ3v) is 5.59. The van der Waals surface area contributed by atoms with Gasteiger partial charge in [-0.3, -0.25) is 8.85 Å². The van der Waals surface area contributed by atoms with Gasteiger partial charge in [-0.25, -0.2) is 0 Å². The molecule has 0 N–H and O–H groups in total. The van der Waals surface area contributed by atoms with Crippen molar-refractivity contribution in [3.8, 4) is 0 Å². The van der Waals surface area contributed by atoms with Crippen LogP contribution < -0.4 is 0 Å². The van der Waals surface area contributed by atoms with Crippen molar-refractivity contribution >= 4 is 8.80 Å². The van der Waals surface area contributed by atoms with E-state index in [-0.39, 0.29) is 0 Å². The number of alkyl halides is 22. The Morgan fingerprint density at radius 3 is 0.886 bits per heavy atom. The molecule has 0 heterocycles. The van der Waals surface area contributed by atoms with E-state index < -0.39 is 63.3 Å². The van der Waals surface area contributed by atoms with Crippen LogP contribution in [0.25, 0.3) is 0 Å². The topological polar surface area (TPSA) is 27.7 Å². The number of rotatable bonds is 8. The van der Waals surface area contributed by atoms with Gasteiger partial charge in [0.2, 0.25) is 0 Å². The van der Waals surface area contributed by atoms with Crippen molar-refractivity contribution in [3.05, 3.63) is 0 Å². The van der Waals surface area contributed by atoms with Crippen LogP contribution in [0.1, 0.15) is 0 Å². The maximum atomic E-state index is 13.5. The van der Waals surface area contributed by atoms with Crippen molar-refractivity contribution in [2.24, 2.45) is 0 Å². The van der Waals surface area contributed by atoms with Crippen LogP contribution in [0.4, 0.5) is 96.6 Å². The van der Waals surface area contributed by atoms with Gasteiger partial charge in [0.1, 0.15) is 0 Å². The van der Waals surface area contributed by atoms with E-state index >= 15 is 0 Å². The highest BCUT2D eigenvalue weighted by Crippen LogP contribution is 2.59. The zero-order valence-corrected chi connectivity index (χ0v) is 15.5. The fourth-order valence-electron chi connectivity index (χ4n) is 1.52. The highest BCUT2D eigenvalue weighted by atomic mass is 28.4. The van der Waals surface area contributed by atoms with Crippen molar-refractivity contribution in [3.63, 3.8) is 0 Å². The third kappa shape index (κ3) is 6.11. The zero-order valence-electron chi connectivity index (χ0n) is 14.5. The van der Waals surface area contributed by atoms with Crippen LogP contribution in [0.2, 0.25) is 0 Å². The van der Waals surface area contributed by atoms with E-state index in [0.717, 1.165) is 0 Å². The van der Waals surface area contributed by atoms with Crippen LogP contribution in [0.3, 0.4) is 0 Å². The van der Waals surface area contributed by atoms with E-state index in [1.807, 2.05) is 0 Å². The summed E-state index contributed by atoms with van der Waals surface area (Å²) in [6.07, 6.45) is -39.6. The first-order chi connectivity index (χ1) is 14.6. The van der Waals surface area contributed by atoms with Crippen LogP contribution >= 0.6 is 0 Å². The normalized spacial score (nSPS) is 16.6. The Morgan fingerprint density at radius 2 is 0.657 bits per heavy atom. The maximum Gasteiger partial charge on any atom is 0.603 e. The molecule has 0 aromatic rings. The van der Waals surface area contributed by atoms with Crippen LogP contribution in [0.15, 0.2) is 0 Å². The molecule has 0 aliphatic carbocycles. The molecule has 0 saturated heterocycles. The Bertz CT molecular complexity index is 725. The van der Waals surface area contributed by atoms with Gasteiger partial charge in [0, 0.05) is 0 Å². The lowest BCUT2D eigenvalue weighted by Crippen LogP contribution is -2.75. The fourth-order valence-corrected chi connectivity index (χ4v) is 3.46. The van der Waals surface area contributed by atoms with Gasteiger partial charge in [-0.15, -0.1) is 26.3 Å². The van der Waals surface area contributed by atoms with Crippen LogP contribution in [0.5, 0.6) is 0 Å². The Labute approximate surface area is 174 Å². The van der Waals surface area contributed by atoms with Gasteiger partial charge in [0.05, 0.1) is 0 Å². The van der Waals surface area contributed by atoms with Gasteiger partial charge in [0.25, 0.3) is 0 Å². The SMILES string of the molecule is FC(F)(F)O[Si](OC(F)(F)F)(OC(F)(F)C(F)(F)C(F)(F)C(F)(F)C(F)(F)F)C(F)(F)C(F)(F)F. The molecule has 0 bridgehead atoms. The fraction of sp³-hybridized carbons (Fsp3) is 1.00. The van der Waals surface area contributed by atoms with E-state index in [9.17, 15) is 96.6 Å².